The van der Waals surface area contributed by atoms with Gasteiger partial charge < -0.3 is 0 Å². The number of carbonyl (C=O) groups excluding carboxylic acids is 2. The molecule has 2 unspecified atom stereocenters. The largest absolute Gasteiger partial charge is 0.274 e. The van der Waals surface area contributed by atoms with E-state index in [9.17, 15) is 9.59 Å². The summed E-state index contributed by atoms with van der Waals surface area (Å²) in [4.78, 5) is 26.2. The average Bonchev–Trinajstić information content (AvgIpc) is 2.96. The lowest BCUT2D eigenvalue weighted by atomic mass is 9.66. The van der Waals surface area contributed by atoms with E-state index in [0.717, 1.165) is 24.8 Å². The Morgan fingerprint density at radius 1 is 1.50 bits per heavy atom. The van der Waals surface area contributed by atoms with Gasteiger partial charge in [-0.05, 0) is 30.6 Å². The minimum Gasteiger partial charge on any atom is -0.274 e. The number of hydrogen-bond acceptors (Lipinski definition) is 2. The van der Waals surface area contributed by atoms with E-state index in [1.807, 2.05) is 0 Å². The number of amides is 2. The van der Waals surface area contributed by atoms with Crippen LogP contribution in [0.15, 0.2) is 23.8 Å². The molecule has 2 aliphatic carbocycles. The van der Waals surface area contributed by atoms with Crippen LogP contribution in [-0.2, 0) is 9.59 Å². The first-order chi connectivity index (χ1) is 8.53. The van der Waals surface area contributed by atoms with E-state index in [-0.39, 0.29) is 23.1 Å². The van der Waals surface area contributed by atoms with Crippen molar-refractivity contribution in [3.8, 4) is 0 Å². The fourth-order valence-electron chi connectivity index (χ4n) is 4.10. The van der Waals surface area contributed by atoms with Crippen LogP contribution < -0.4 is 0 Å². The van der Waals surface area contributed by atoms with Gasteiger partial charge in [-0.2, -0.15) is 0 Å². The summed E-state index contributed by atoms with van der Waals surface area (Å²) in [6, 6.07) is 0. The monoisotopic (exact) mass is 245 g/mol. The Balaban J connectivity index is 2.08. The maximum absolute atomic E-state index is 12.5. The molecule has 0 spiro atoms. The fraction of sp³-hybridized carbons (Fsp3) is 0.600. The Labute approximate surface area is 108 Å². The highest BCUT2D eigenvalue weighted by molar-refractivity contribution is 6.16. The Hall–Kier alpha value is -1.38. The molecule has 1 saturated heterocycles. The molecule has 18 heavy (non-hydrogen) atoms. The van der Waals surface area contributed by atoms with E-state index >= 15 is 0 Å². The molecule has 3 heteroatoms. The molecular weight excluding hydrogens is 226 g/mol. The normalized spacial score (nSPS) is 33.9. The molecule has 2 amide bonds. The van der Waals surface area contributed by atoms with Crippen LogP contribution in [0.4, 0.5) is 0 Å². The van der Waals surface area contributed by atoms with Gasteiger partial charge in [0.2, 0.25) is 5.91 Å². The summed E-state index contributed by atoms with van der Waals surface area (Å²) in [5.74, 6) is 0.243. The van der Waals surface area contributed by atoms with Crippen molar-refractivity contribution in [3.05, 3.63) is 23.8 Å². The Bertz CT molecular complexity index is 489. The zero-order chi connectivity index (χ0) is 13.1. The first-order valence-corrected chi connectivity index (χ1v) is 6.71. The number of nitrogens with zero attached hydrogens (tertiary/aromatic N) is 1. The molecular formula is C15H19NO2. The van der Waals surface area contributed by atoms with E-state index in [4.69, 9.17) is 0 Å². The van der Waals surface area contributed by atoms with Gasteiger partial charge in [-0.3, -0.25) is 14.5 Å². The van der Waals surface area contributed by atoms with Gasteiger partial charge in [-0.15, -0.1) is 6.58 Å². The van der Waals surface area contributed by atoms with Gasteiger partial charge in [0.05, 0.1) is 5.92 Å². The molecule has 3 rings (SSSR count). The van der Waals surface area contributed by atoms with Crippen molar-refractivity contribution < 1.29 is 9.59 Å². The smallest absolute Gasteiger partial charge is 0.257 e. The minimum absolute atomic E-state index is 0.0123. The molecule has 1 saturated carbocycles. The zero-order valence-electron chi connectivity index (χ0n) is 11.0. The highest BCUT2D eigenvalue weighted by Gasteiger charge is 2.62. The van der Waals surface area contributed by atoms with Crippen LogP contribution in [0, 0.1) is 17.3 Å². The van der Waals surface area contributed by atoms with Crippen LogP contribution in [0.25, 0.3) is 0 Å². The third kappa shape index (κ3) is 1.15. The molecule has 0 aromatic rings. The highest BCUT2D eigenvalue weighted by Crippen LogP contribution is 2.63. The third-order valence-electron chi connectivity index (χ3n) is 5.13. The number of allylic oxidation sites excluding steroid dienone is 1. The summed E-state index contributed by atoms with van der Waals surface area (Å²) in [5, 5.41) is 0. The summed E-state index contributed by atoms with van der Waals surface area (Å²) < 4.78 is 0. The number of fused-ring (bicyclic) bond motifs is 4. The number of hydrogen-bond donors (Lipinski definition) is 0. The lowest BCUT2D eigenvalue weighted by Gasteiger charge is -2.36. The lowest BCUT2D eigenvalue weighted by molar-refractivity contribution is -0.140. The first kappa shape index (κ1) is 11.7. The molecule has 2 atom stereocenters. The minimum atomic E-state index is -0.159. The molecule has 0 aromatic carbocycles. The van der Waals surface area contributed by atoms with Crippen LogP contribution in [0.1, 0.15) is 33.1 Å². The number of likely N-dealkylation sites (tertiary alicyclic amines) is 1. The summed E-state index contributed by atoms with van der Waals surface area (Å²) in [6.07, 6.45) is 4.66. The van der Waals surface area contributed by atoms with Gasteiger partial charge in [0.15, 0.2) is 0 Å². The molecule has 1 aliphatic heterocycles. The maximum atomic E-state index is 12.5. The second-order valence-corrected chi connectivity index (χ2v) is 6.06. The number of imide groups is 1. The predicted molar refractivity (Wildman–Crippen MR) is 68.6 cm³/mol. The van der Waals surface area contributed by atoms with Crippen molar-refractivity contribution in [3.63, 3.8) is 0 Å². The summed E-state index contributed by atoms with van der Waals surface area (Å²) >= 11 is 0. The van der Waals surface area contributed by atoms with Gasteiger partial charge in [0, 0.05) is 12.1 Å². The van der Waals surface area contributed by atoms with Crippen LogP contribution in [0.2, 0.25) is 0 Å². The SMILES string of the molecule is C=CCN1C(=O)C2=C3CCC(C(C)C)(C3)C2C1=O. The van der Waals surface area contributed by atoms with Crippen LogP contribution in [0.3, 0.4) is 0 Å². The van der Waals surface area contributed by atoms with Crippen molar-refractivity contribution >= 4 is 11.8 Å². The van der Waals surface area contributed by atoms with Gasteiger partial charge in [0.25, 0.3) is 5.91 Å². The maximum Gasteiger partial charge on any atom is 0.257 e. The van der Waals surface area contributed by atoms with E-state index in [0.29, 0.717) is 12.5 Å². The van der Waals surface area contributed by atoms with Gasteiger partial charge in [-0.1, -0.05) is 25.5 Å². The Kier molecular flexibility index (Phi) is 2.31. The number of rotatable bonds is 3. The number of carbonyl (C=O) groups is 2. The van der Waals surface area contributed by atoms with Crippen molar-refractivity contribution in [2.24, 2.45) is 17.3 Å². The van der Waals surface area contributed by atoms with E-state index in [1.165, 1.54) is 10.5 Å². The molecule has 0 aromatic heterocycles. The second-order valence-electron chi connectivity index (χ2n) is 6.06. The summed E-state index contributed by atoms with van der Waals surface area (Å²) in [6.45, 7) is 8.34. The van der Waals surface area contributed by atoms with Gasteiger partial charge in [0.1, 0.15) is 0 Å². The Morgan fingerprint density at radius 3 is 2.83 bits per heavy atom. The predicted octanol–water partition coefficient (Wildman–Crippen LogP) is 2.29. The standard InChI is InChI=1S/C15H19NO2/c1-4-7-16-13(17)11-10-5-6-15(8-10,9(2)3)12(11)14(16)18/h4,9,12H,1,5-8H2,2-3H3. The van der Waals surface area contributed by atoms with Gasteiger partial charge in [-0.25, -0.2) is 0 Å². The van der Waals surface area contributed by atoms with Crippen LogP contribution in [-0.4, -0.2) is 23.3 Å². The average molecular weight is 245 g/mol. The second kappa shape index (κ2) is 3.56. The lowest BCUT2D eigenvalue weighted by Crippen LogP contribution is -2.38. The summed E-state index contributed by atoms with van der Waals surface area (Å²) in [5.41, 5.74) is 2.10. The summed E-state index contributed by atoms with van der Waals surface area (Å²) in [7, 11) is 0. The molecule has 3 nitrogen and oxygen atoms in total. The molecule has 0 radical (unpaired) electrons. The molecule has 96 valence electrons. The topological polar surface area (TPSA) is 37.4 Å². The fourth-order valence-corrected chi connectivity index (χ4v) is 4.10. The van der Waals surface area contributed by atoms with Crippen LogP contribution >= 0.6 is 0 Å². The highest BCUT2D eigenvalue weighted by atomic mass is 16.2. The molecule has 2 bridgehead atoms. The van der Waals surface area contributed by atoms with Gasteiger partial charge >= 0.3 is 0 Å². The van der Waals surface area contributed by atoms with Crippen molar-refractivity contribution in [2.75, 3.05) is 6.54 Å². The molecule has 3 aliphatic rings. The van der Waals surface area contributed by atoms with Crippen molar-refractivity contribution in [1.29, 1.82) is 0 Å². The van der Waals surface area contributed by atoms with Crippen molar-refractivity contribution in [2.45, 2.75) is 33.1 Å². The first-order valence-electron chi connectivity index (χ1n) is 6.71. The van der Waals surface area contributed by atoms with Crippen LogP contribution in [0.5, 0.6) is 0 Å². The molecule has 2 fully saturated rings. The van der Waals surface area contributed by atoms with E-state index in [2.05, 4.69) is 20.4 Å². The Morgan fingerprint density at radius 2 is 2.22 bits per heavy atom. The molecule has 0 N–H and O–H groups in total. The van der Waals surface area contributed by atoms with E-state index < -0.39 is 0 Å². The third-order valence-corrected chi connectivity index (χ3v) is 5.13. The zero-order valence-corrected chi connectivity index (χ0v) is 11.0. The van der Waals surface area contributed by atoms with E-state index in [1.54, 1.807) is 6.08 Å². The molecule has 1 heterocycles. The van der Waals surface area contributed by atoms with Crippen molar-refractivity contribution in [1.82, 2.24) is 4.90 Å². The quantitative estimate of drug-likeness (QED) is 0.565.